The molecule has 1 saturated heterocycles. The SMILES string of the molecule is CCNCCCNC1(C)CCOC1. The highest BCUT2D eigenvalue weighted by atomic mass is 16.5. The fourth-order valence-electron chi connectivity index (χ4n) is 1.59. The van der Waals surface area contributed by atoms with E-state index < -0.39 is 0 Å². The van der Waals surface area contributed by atoms with Gasteiger partial charge >= 0.3 is 0 Å². The maximum atomic E-state index is 5.36. The van der Waals surface area contributed by atoms with Gasteiger partial charge < -0.3 is 15.4 Å². The van der Waals surface area contributed by atoms with E-state index in [1.165, 1.54) is 6.42 Å². The summed E-state index contributed by atoms with van der Waals surface area (Å²) in [6.07, 6.45) is 2.34. The Balaban J connectivity index is 1.98. The van der Waals surface area contributed by atoms with Crippen LogP contribution in [0, 0.1) is 0 Å². The van der Waals surface area contributed by atoms with E-state index in [9.17, 15) is 0 Å². The first-order chi connectivity index (χ1) is 6.27. The quantitative estimate of drug-likeness (QED) is 0.601. The molecule has 0 aromatic rings. The highest BCUT2D eigenvalue weighted by molar-refractivity contribution is 4.86. The van der Waals surface area contributed by atoms with Crippen LogP contribution in [0.2, 0.25) is 0 Å². The number of hydrogen-bond acceptors (Lipinski definition) is 3. The van der Waals surface area contributed by atoms with E-state index in [4.69, 9.17) is 4.74 Å². The average molecular weight is 186 g/mol. The topological polar surface area (TPSA) is 33.3 Å². The third-order valence-electron chi connectivity index (χ3n) is 2.55. The van der Waals surface area contributed by atoms with Crippen molar-refractivity contribution in [1.82, 2.24) is 10.6 Å². The molecule has 1 atom stereocenters. The van der Waals surface area contributed by atoms with Gasteiger partial charge in [-0.1, -0.05) is 6.92 Å². The van der Waals surface area contributed by atoms with Crippen molar-refractivity contribution >= 4 is 0 Å². The van der Waals surface area contributed by atoms with E-state index in [0.717, 1.165) is 39.3 Å². The summed E-state index contributed by atoms with van der Waals surface area (Å²) < 4.78 is 5.36. The molecule has 1 rings (SSSR count). The van der Waals surface area contributed by atoms with E-state index in [2.05, 4.69) is 24.5 Å². The molecule has 0 spiro atoms. The summed E-state index contributed by atoms with van der Waals surface area (Å²) in [7, 11) is 0. The zero-order chi connectivity index (χ0) is 9.57. The van der Waals surface area contributed by atoms with Crippen LogP contribution in [0.3, 0.4) is 0 Å². The molecule has 3 nitrogen and oxygen atoms in total. The Morgan fingerprint density at radius 1 is 1.38 bits per heavy atom. The van der Waals surface area contributed by atoms with Crippen molar-refractivity contribution in [2.75, 3.05) is 32.8 Å². The molecule has 78 valence electrons. The van der Waals surface area contributed by atoms with Crippen molar-refractivity contribution in [3.8, 4) is 0 Å². The summed E-state index contributed by atoms with van der Waals surface area (Å²) in [4.78, 5) is 0. The van der Waals surface area contributed by atoms with E-state index in [1.807, 2.05) is 0 Å². The number of rotatable bonds is 6. The first kappa shape index (κ1) is 11.0. The first-order valence-corrected chi connectivity index (χ1v) is 5.30. The van der Waals surface area contributed by atoms with Crippen molar-refractivity contribution in [3.63, 3.8) is 0 Å². The zero-order valence-corrected chi connectivity index (χ0v) is 8.86. The van der Waals surface area contributed by atoms with Crippen LogP contribution in [0.5, 0.6) is 0 Å². The summed E-state index contributed by atoms with van der Waals surface area (Å²) in [6.45, 7) is 9.44. The second kappa shape index (κ2) is 5.58. The lowest BCUT2D eigenvalue weighted by atomic mass is 10.0. The molecule has 0 radical (unpaired) electrons. The fourth-order valence-corrected chi connectivity index (χ4v) is 1.59. The molecule has 1 aliphatic rings. The Kier molecular flexibility index (Phi) is 4.70. The molecule has 0 saturated carbocycles. The van der Waals surface area contributed by atoms with E-state index in [1.54, 1.807) is 0 Å². The van der Waals surface area contributed by atoms with Gasteiger partial charge in [-0.15, -0.1) is 0 Å². The molecule has 0 aromatic carbocycles. The average Bonchev–Trinajstić information content (AvgIpc) is 2.53. The maximum absolute atomic E-state index is 5.36. The third-order valence-corrected chi connectivity index (χ3v) is 2.55. The minimum absolute atomic E-state index is 0.242. The Morgan fingerprint density at radius 3 is 2.85 bits per heavy atom. The largest absolute Gasteiger partial charge is 0.379 e. The lowest BCUT2D eigenvalue weighted by Gasteiger charge is -2.23. The maximum Gasteiger partial charge on any atom is 0.0646 e. The smallest absolute Gasteiger partial charge is 0.0646 e. The fraction of sp³-hybridized carbons (Fsp3) is 1.00. The highest BCUT2D eigenvalue weighted by Crippen LogP contribution is 2.16. The molecule has 0 amide bonds. The molecule has 1 aliphatic heterocycles. The van der Waals surface area contributed by atoms with Gasteiger partial charge in [-0.05, 0) is 39.4 Å². The Bertz CT molecular complexity index is 133. The summed E-state index contributed by atoms with van der Waals surface area (Å²) >= 11 is 0. The summed E-state index contributed by atoms with van der Waals surface area (Å²) in [6, 6.07) is 0. The number of hydrogen-bond donors (Lipinski definition) is 2. The van der Waals surface area contributed by atoms with Crippen LogP contribution in [-0.2, 0) is 4.74 Å². The van der Waals surface area contributed by atoms with Gasteiger partial charge in [0.25, 0.3) is 0 Å². The summed E-state index contributed by atoms with van der Waals surface area (Å²) in [5.41, 5.74) is 0.242. The molecule has 1 fully saturated rings. The minimum Gasteiger partial charge on any atom is -0.379 e. The van der Waals surface area contributed by atoms with Crippen molar-refractivity contribution in [3.05, 3.63) is 0 Å². The van der Waals surface area contributed by atoms with Crippen LogP contribution in [0.25, 0.3) is 0 Å². The molecule has 1 unspecified atom stereocenters. The molecule has 1 heterocycles. The first-order valence-electron chi connectivity index (χ1n) is 5.30. The molecule has 3 heteroatoms. The van der Waals surface area contributed by atoms with Crippen molar-refractivity contribution in [1.29, 1.82) is 0 Å². The second-order valence-electron chi connectivity index (χ2n) is 4.00. The van der Waals surface area contributed by atoms with Crippen molar-refractivity contribution in [2.24, 2.45) is 0 Å². The number of nitrogens with one attached hydrogen (secondary N) is 2. The van der Waals surface area contributed by atoms with E-state index in [-0.39, 0.29) is 5.54 Å². The van der Waals surface area contributed by atoms with Gasteiger partial charge in [-0.3, -0.25) is 0 Å². The highest BCUT2D eigenvalue weighted by Gasteiger charge is 2.28. The van der Waals surface area contributed by atoms with Gasteiger partial charge in [-0.25, -0.2) is 0 Å². The van der Waals surface area contributed by atoms with Gasteiger partial charge in [0.1, 0.15) is 0 Å². The monoisotopic (exact) mass is 186 g/mol. The van der Waals surface area contributed by atoms with Crippen LogP contribution in [0.4, 0.5) is 0 Å². The summed E-state index contributed by atoms with van der Waals surface area (Å²) in [5, 5.41) is 6.87. The third kappa shape index (κ3) is 4.07. The second-order valence-corrected chi connectivity index (χ2v) is 4.00. The van der Waals surface area contributed by atoms with Gasteiger partial charge in [-0.2, -0.15) is 0 Å². The predicted octanol–water partition coefficient (Wildman–Crippen LogP) is 0.755. The van der Waals surface area contributed by atoms with Crippen LogP contribution in [0.1, 0.15) is 26.7 Å². The summed E-state index contributed by atoms with van der Waals surface area (Å²) in [5.74, 6) is 0. The molecule has 0 aromatic heterocycles. The molecule has 0 bridgehead atoms. The van der Waals surface area contributed by atoms with E-state index >= 15 is 0 Å². The molecule has 0 aliphatic carbocycles. The molecule has 13 heavy (non-hydrogen) atoms. The van der Waals surface area contributed by atoms with Gasteiger partial charge in [0, 0.05) is 12.1 Å². The Morgan fingerprint density at radius 2 is 2.23 bits per heavy atom. The molecule has 2 N–H and O–H groups in total. The minimum atomic E-state index is 0.242. The van der Waals surface area contributed by atoms with Gasteiger partial charge in [0.05, 0.1) is 6.61 Å². The molecular formula is C10H22N2O. The lowest BCUT2D eigenvalue weighted by molar-refractivity contribution is 0.171. The Hall–Kier alpha value is -0.120. The van der Waals surface area contributed by atoms with E-state index in [0.29, 0.717) is 0 Å². The van der Waals surface area contributed by atoms with Gasteiger partial charge in [0.15, 0.2) is 0 Å². The van der Waals surface area contributed by atoms with Gasteiger partial charge in [0.2, 0.25) is 0 Å². The van der Waals surface area contributed by atoms with Crippen LogP contribution < -0.4 is 10.6 Å². The number of ether oxygens (including phenoxy) is 1. The normalized spacial score (nSPS) is 28.2. The zero-order valence-electron chi connectivity index (χ0n) is 8.86. The van der Waals surface area contributed by atoms with Crippen molar-refractivity contribution in [2.45, 2.75) is 32.2 Å². The van der Waals surface area contributed by atoms with Crippen molar-refractivity contribution < 1.29 is 4.74 Å². The van der Waals surface area contributed by atoms with Crippen LogP contribution in [-0.4, -0.2) is 38.4 Å². The standard InChI is InChI=1S/C10H22N2O/c1-3-11-6-4-7-12-10(2)5-8-13-9-10/h11-12H,3-9H2,1-2H3. The van der Waals surface area contributed by atoms with Crippen LogP contribution >= 0.6 is 0 Å². The predicted molar refractivity (Wildman–Crippen MR) is 55.0 cm³/mol. The van der Waals surface area contributed by atoms with Crippen LogP contribution in [0.15, 0.2) is 0 Å². The lowest BCUT2D eigenvalue weighted by Crippen LogP contribution is -2.43. The molecular weight excluding hydrogens is 164 g/mol. The Labute approximate surface area is 81.2 Å².